The number of fused-ring (bicyclic) bond motifs is 4. The van der Waals surface area contributed by atoms with Crippen LogP contribution in [0.5, 0.6) is 11.5 Å². The first-order chi connectivity index (χ1) is 18.1. The highest BCUT2D eigenvalue weighted by Gasteiger charge is 2.81. The van der Waals surface area contributed by atoms with Gasteiger partial charge < -0.3 is 19.3 Å². The van der Waals surface area contributed by atoms with Crippen molar-refractivity contribution in [2.24, 2.45) is 10.8 Å². The predicted molar refractivity (Wildman–Crippen MR) is 145 cm³/mol. The van der Waals surface area contributed by atoms with Crippen LogP contribution in [0.3, 0.4) is 0 Å². The minimum absolute atomic E-state index is 0.167. The van der Waals surface area contributed by atoms with E-state index in [4.69, 9.17) is 24.0 Å². The standard InChI is InChI=1S/C32H32O6/c1-29(2,3)32-30(4,5)17-36-31(32,37-38-32)24-12-8-11-23-22(24)13-14-25(33)26(23)27-21-10-7-6-9-19(21)15-20-16-34-18-35-28(20)27/h6-15,33H,16-18H2,1-5H3. The molecule has 4 aromatic rings. The van der Waals surface area contributed by atoms with Crippen LogP contribution in [0.25, 0.3) is 32.7 Å². The lowest BCUT2D eigenvalue weighted by molar-refractivity contribution is -0.626. The first-order valence-electron chi connectivity index (χ1n) is 13.1. The maximum Gasteiger partial charge on any atom is 0.262 e. The molecule has 2 saturated heterocycles. The summed E-state index contributed by atoms with van der Waals surface area (Å²) in [4.78, 5) is 12.1. The van der Waals surface area contributed by atoms with Gasteiger partial charge in [-0.05, 0) is 33.7 Å². The normalized spacial score (nSPS) is 26.0. The van der Waals surface area contributed by atoms with E-state index in [1.54, 1.807) is 6.07 Å². The van der Waals surface area contributed by atoms with Crippen molar-refractivity contribution < 1.29 is 29.1 Å². The van der Waals surface area contributed by atoms with Crippen LogP contribution in [0, 0.1) is 10.8 Å². The highest BCUT2D eigenvalue weighted by molar-refractivity contribution is 6.11. The summed E-state index contributed by atoms with van der Waals surface area (Å²) in [5, 5.41) is 15.3. The molecular formula is C32H32O6. The Hall–Kier alpha value is -3.16. The lowest BCUT2D eigenvalue weighted by Crippen LogP contribution is -2.73. The molecule has 3 aliphatic rings. The van der Waals surface area contributed by atoms with Crippen molar-refractivity contribution in [1.29, 1.82) is 0 Å². The number of hydrogen-bond donors (Lipinski definition) is 1. The third-order valence-corrected chi connectivity index (χ3v) is 8.66. The number of phenols is 1. The summed E-state index contributed by atoms with van der Waals surface area (Å²) in [6, 6.07) is 20.1. The largest absolute Gasteiger partial charge is 0.507 e. The Morgan fingerprint density at radius 2 is 1.63 bits per heavy atom. The van der Waals surface area contributed by atoms with E-state index in [2.05, 4.69) is 58.9 Å². The molecule has 0 radical (unpaired) electrons. The van der Waals surface area contributed by atoms with Crippen LogP contribution >= 0.6 is 0 Å². The van der Waals surface area contributed by atoms with Crippen molar-refractivity contribution in [3.05, 3.63) is 71.8 Å². The van der Waals surface area contributed by atoms with Crippen LogP contribution in [0.4, 0.5) is 0 Å². The van der Waals surface area contributed by atoms with Gasteiger partial charge in [-0.2, -0.15) is 4.89 Å². The topological polar surface area (TPSA) is 66.4 Å². The van der Waals surface area contributed by atoms with Gasteiger partial charge in [-0.1, -0.05) is 83.1 Å². The van der Waals surface area contributed by atoms with Crippen molar-refractivity contribution in [2.75, 3.05) is 13.4 Å². The summed E-state index contributed by atoms with van der Waals surface area (Å²) in [6.45, 7) is 12.0. The molecule has 0 saturated carbocycles. The zero-order chi connectivity index (χ0) is 26.5. The first kappa shape index (κ1) is 23.9. The highest BCUT2D eigenvalue weighted by Crippen LogP contribution is 2.69. The minimum atomic E-state index is -1.08. The van der Waals surface area contributed by atoms with Gasteiger partial charge in [0.25, 0.3) is 5.79 Å². The van der Waals surface area contributed by atoms with Gasteiger partial charge in [0.15, 0.2) is 12.4 Å². The van der Waals surface area contributed by atoms with Gasteiger partial charge in [-0.3, -0.25) is 0 Å². The SMILES string of the molecule is CC(C)(C)C12OOC1(c1cccc3c(-c4c5c(cc6ccccc46)COCO5)c(O)ccc13)OCC2(C)C. The summed E-state index contributed by atoms with van der Waals surface area (Å²) < 4.78 is 18.3. The number of hydrogen-bond acceptors (Lipinski definition) is 6. The van der Waals surface area contributed by atoms with E-state index in [0.29, 0.717) is 13.2 Å². The van der Waals surface area contributed by atoms with Gasteiger partial charge in [0.05, 0.1) is 13.2 Å². The molecule has 3 heterocycles. The Morgan fingerprint density at radius 1 is 0.842 bits per heavy atom. The van der Waals surface area contributed by atoms with E-state index < -0.39 is 11.4 Å². The highest BCUT2D eigenvalue weighted by atomic mass is 17.3. The molecule has 0 spiro atoms. The molecular weight excluding hydrogens is 480 g/mol. The quantitative estimate of drug-likeness (QED) is 0.287. The van der Waals surface area contributed by atoms with Crippen LogP contribution in [0.2, 0.25) is 0 Å². The number of benzene rings is 4. The molecule has 0 aromatic heterocycles. The summed E-state index contributed by atoms with van der Waals surface area (Å²) in [6.07, 6.45) is 0. The number of rotatable bonds is 2. The van der Waals surface area contributed by atoms with Crippen LogP contribution in [0.15, 0.2) is 60.7 Å². The Labute approximate surface area is 222 Å². The van der Waals surface area contributed by atoms with E-state index in [1.165, 1.54) is 0 Å². The lowest BCUT2D eigenvalue weighted by Gasteiger charge is -2.61. The summed E-state index contributed by atoms with van der Waals surface area (Å²) >= 11 is 0. The average Bonchev–Trinajstić information content (AvgIpc) is 3.03. The van der Waals surface area contributed by atoms with E-state index in [-0.39, 0.29) is 23.4 Å². The van der Waals surface area contributed by atoms with Crippen LogP contribution in [-0.4, -0.2) is 24.1 Å². The number of ether oxygens (including phenoxy) is 3. The Bertz CT molecular complexity index is 1620. The molecule has 4 aromatic carbocycles. The van der Waals surface area contributed by atoms with Crippen LogP contribution in [-0.2, 0) is 31.6 Å². The molecule has 0 bridgehead atoms. The van der Waals surface area contributed by atoms with E-state index in [9.17, 15) is 5.11 Å². The molecule has 0 amide bonds. The van der Waals surface area contributed by atoms with E-state index in [0.717, 1.165) is 49.5 Å². The summed E-state index contributed by atoms with van der Waals surface area (Å²) in [5.74, 6) is -0.154. The second kappa shape index (κ2) is 7.70. The minimum Gasteiger partial charge on any atom is -0.507 e. The fraction of sp³-hybridized carbons (Fsp3) is 0.375. The number of aromatic hydroxyl groups is 1. The lowest BCUT2D eigenvalue weighted by atomic mass is 9.57. The van der Waals surface area contributed by atoms with Crippen molar-refractivity contribution in [2.45, 2.75) is 52.6 Å². The van der Waals surface area contributed by atoms with Gasteiger partial charge >= 0.3 is 0 Å². The molecule has 7 rings (SSSR count). The van der Waals surface area contributed by atoms with Gasteiger partial charge in [0.2, 0.25) is 0 Å². The molecule has 1 N–H and O–H groups in total. The zero-order valence-electron chi connectivity index (χ0n) is 22.4. The molecule has 0 aliphatic carbocycles. The Balaban J connectivity index is 1.55. The maximum absolute atomic E-state index is 11.4. The molecule has 2 fully saturated rings. The fourth-order valence-corrected chi connectivity index (χ4v) is 7.27. The van der Waals surface area contributed by atoms with Gasteiger partial charge in [-0.25, -0.2) is 4.89 Å². The monoisotopic (exact) mass is 512 g/mol. The molecule has 2 unspecified atom stereocenters. The third kappa shape index (κ3) is 2.81. The molecule has 196 valence electrons. The molecule has 6 nitrogen and oxygen atoms in total. The first-order valence-corrected chi connectivity index (χ1v) is 13.1. The second-order valence-electron chi connectivity index (χ2n) is 12.3. The van der Waals surface area contributed by atoms with Crippen LogP contribution < -0.4 is 4.74 Å². The van der Waals surface area contributed by atoms with E-state index in [1.807, 2.05) is 30.3 Å². The summed E-state index contributed by atoms with van der Waals surface area (Å²) in [7, 11) is 0. The maximum atomic E-state index is 11.4. The van der Waals surface area contributed by atoms with Gasteiger partial charge in [0, 0.05) is 33.1 Å². The average molecular weight is 513 g/mol. The third-order valence-electron chi connectivity index (χ3n) is 8.66. The van der Waals surface area contributed by atoms with Gasteiger partial charge in [-0.15, -0.1) is 0 Å². The van der Waals surface area contributed by atoms with E-state index >= 15 is 0 Å². The number of phenolic OH excluding ortho intramolecular Hbond substituents is 1. The van der Waals surface area contributed by atoms with Crippen molar-refractivity contribution in [1.82, 2.24) is 0 Å². The molecule has 38 heavy (non-hydrogen) atoms. The smallest absolute Gasteiger partial charge is 0.262 e. The predicted octanol–water partition coefficient (Wildman–Crippen LogP) is 7.19. The zero-order valence-corrected chi connectivity index (χ0v) is 22.4. The Kier molecular flexibility index (Phi) is 4.85. The second-order valence-corrected chi connectivity index (χ2v) is 12.3. The molecule has 2 atom stereocenters. The van der Waals surface area contributed by atoms with Crippen molar-refractivity contribution >= 4 is 21.5 Å². The molecule has 3 aliphatic heterocycles. The summed E-state index contributed by atoms with van der Waals surface area (Å²) in [5.41, 5.74) is 2.14. The van der Waals surface area contributed by atoms with Gasteiger partial charge in [0.1, 0.15) is 11.5 Å². The Morgan fingerprint density at radius 3 is 2.39 bits per heavy atom. The molecule has 6 heteroatoms. The van der Waals surface area contributed by atoms with Crippen LogP contribution in [0.1, 0.15) is 45.7 Å². The van der Waals surface area contributed by atoms with Crippen molar-refractivity contribution in [3.8, 4) is 22.6 Å². The fourth-order valence-electron chi connectivity index (χ4n) is 7.27. The van der Waals surface area contributed by atoms with Crippen molar-refractivity contribution in [3.63, 3.8) is 0 Å².